The maximum atomic E-state index is 13.4. The highest BCUT2D eigenvalue weighted by Gasteiger charge is 2.37. The molecule has 49 heavy (non-hydrogen) atoms. The van der Waals surface area contributed by atoms with Gasteiger partial charge in [-0.25, -0.2) is 4.79 Å². The first-order chi connectivity index (χ1) is 24.0. The topological polar surface area (TPSA) is 97.4 Å². The van der Waals surface area contributed by atoms with E-state index >= 15 is 0 Å². The smallest absolute Gasteiger partial charge is 0.408 e. The van der Waals surface area contributed by atoms with Gasteiger partial charge in [0.1, 0.15) is 30.5 Å². The molecular formula is C40H43N3O6. The number of piperidine rings is 3. The van der Waals surface area contributed by atoms with E-state index in [0.717, 1.165) is 61.0 Å². The molecule has 0 spiro atoms. The molecule has 9 heteroatoms. The van der Waals surface area contributed by atoms with Crippen LogP contribution in [0.25, 0.3) is 0 Å². The Morgan fingerprint density at radius 2 is 1.61 bits per heavy atom. The van der Waals surface area contributed by atoms with Crippen LogP contribution in [0.3, 0.4) is 0 Å². The summed E-state index contributed by atoms with van der Waals surface area (Å²) in [5.41, 5.74) is 4.16. The second kappa shape index (κ2) is 16.3. The van der Waals surface area contributed by atoms with Crippen LogP contribution in [0.15, 0.2) is 103 Å². The zero-order valence-corrected chi connectivity index (χ0v) is 27.8. The maximum Gasteiger partial charge on any atom is 0.408 e. The second-order valence-electron chi connectivity index (χ2n) is 12.7. The molecule has 0 radical (unpaired) electrons. The molecule has 2 atom stereocenters. The van der Waals surface area contributed by atoms with Crippen LogP contribution in [0, 0.1) is 5.92 Å². The zero-order valence-electron chi connectivity index (χ0n) is 27.8. The Kier molecular flexibility index (Phi) is 11.2. The van der Waals surface area contributed by atoms with E-state index in [1.807, 2.05) is 91.0 Å². The van der Waals surface area contributed by atoms with Crippen molar-refractivity contribution in [2.45, 2.75) is 44.6 Å². The lowest BCUT2D eigenvalue weighted by molar-refractivity contribution is -0.108. The van der Waals surface area contributed by atoms with Crippen molar-refractivity contribution < 1.29 is 28.6 Å². The fourth-order valence-electron chi connectivity index (χ4n) is 6.67. The summed E-state index contributed by atoms with van der Waals surface area (Å²) in [6.45, 7) is 3.94. The van der Waals surface area contributed by atoms with E-state index < -0.39 is 12.1 Å². The number of aldehydes is 1. The zero-order chi connectivity index (χ0) is 34.0. The molecular weight excluding hydrogens is 618 g/mol. The minimum atomic E-state index is -0.415. The van der Waals surface area contributed by atoms with Gasteiger partial charge in [0.25, 0.3) is 5.91 Å². The molecule has 9 nitrogen and oxygen atoms in total. The van der Waals surface area contributed by atoms with Gasteiger partial charge in [-0.2, -0.15) is 0 Å². The first-order valence-electron chi connectivity index (χ1n) is 16.9. The highest BCUT2D eigenvalue weighted by molar-refractivity contribution is 5.94. The molecule has 7 rings (SSSR count). The number of methoxy groups -OCH3 is 1. The number of benzene rings is 4. The number of nitrogens with zero attached hydrogens (tertiary/aromatic N) is 2. The molecule has 0 saturated carbocycles. The standard InChI is InChI=1S/C40H43N3O6/c1-47-35-12-5-8-30(24-35)26-43(20-7-23-44)39(45)33-16-14-29(15-17-33)28-48-36-13-6-11-34(25-36)38(32-9-3-2-4-10-32)41-40(46)49-37-27-42-21-18-31(37)19-22-42/h2-6,8-17,23-25,31,37-38H,7,18-22,26-28H2,1H3,(H,41,46)/t37-,38-/m0/s1. The second-order valence-corrected chi connectivity index (χ2v) is 12.7. The minimum absolute atomic E-state index is 0.0809. The fraction of sp³-hybridized carbons (Fsp3) is 0.325. The van der Waals surface area contributed by atoms with Crippen molar-refractivity contribution in [2.75, 3.05) is 33.3 Å². The van der Waals surface area contributed by atoms with Crippen LogP contribution in [0.1, 0.15) is 57.9 Å². The van der Waals surface area contributed by atoms with E-state index in [2.05, 4.69) is 10.2 Å². The SMILES string of the molecule is COc1cccc(CN(CCC=O)C(=O)c2ccc(COc3cccc([C@@H](NC(=O)O[C@H]4CN5CCC4CC5)c4ccccc4)c3)cc2)c1. The molecule has 1 N–H and O–H groups in total. The van der Waals surface area contributed by atoms with Gasteiger partial charge in [-0.1, -0.05) is 66.7 Å². The fourth-order valence-corrected chi connectivity index (χ4v) is 6.67. The number of ether oxygens (including phenoxy) is 3. The van der Waals surface area contributed by atoms with Crippen molar-refractivity contribution >= 4 is 18.3 Å². The van der Waals surface area contributed by atoms with E-state index in [0.29, 0.717) is 42.7 Å². The molecule has 4 aromatic carbocycles. The molecule has 3 saturated heterocycles. The Balaban J connectivity index is 1.10. The molecule has 3 fully saturated rings. The first-order valence-corrected chi connectivity index (χ1v) is 16.9. The molecule has 2 amide bonds. The number of hydrogen-bond acceptors (Lipinski definition) is 7. The van der Waals surface area contributed by atoms with Crippen molar-refractivity contribution in [3.05, 3.63) is 131 Å². The molecule has 0 aliphatic carbocycles. The third kappa shape index (κ3) is 8.86. The van der Waals surface area contributed by atoms with Gasteiger partial charge in [-0.05, 0) is 90.5 Å². The largest absolute Gasteiger partial charge is 0.497 e. The normalized spacial score (nSPS) is 18.6. The van der Waals surface area contributed by atoms with Gasteiger partial charge in [0.15, 0.2) is 0 Å². The van der Waals surface area contributed by atoms with Gasteiger partial charge in [-0.3, -0.25) is 9.69 Å². The molecule has 4 aromatic rings. The number of alkyl carbamates (subject to hydrolysis) is 1. The summed E-state index contributed by atoms with van der Waals surface area (Å²) in [4.78, 5) is 41.8. The average molecular weight is 662 g/mol. The summed E-state index contributed by atoms with van der Waals surface area (Å²) in [6.07, 6.45) is 2.72. The number of hydrogen-bond donors (Lipinski definition) is 1. The molecule has 254 valence electrons. The van der Waals surface area contributed by atoms with Crippen molar-refractivity contribution in [1.29, 1.82) is 0 Å². The minimum Gasteiger partial charge on any atom is -0.497 e. The van der Waals surface area contributed by atoms with Crippen molar-refractivity contribution in [2.24, 2.45) is 5.92 Å². The quantitative estimate of drug-likeness (QED) is 0.156. The first kappa shape index (κ1) is 33.7. The monoisotopic (exact) mass is 661 g/mol. The number of rotatable bonds is 14. The van der Waals surface area contributed by atoms with Crippen LogP contribution in [-0.2, 0) is 22.7 Å². The Hall–Kier alpha value is -5.15. The van der Waals surface area contributed by atoms with Gasteiger partial charge in [0, 0.05) is 31.6 Å². The van der Waals surface area contributed by atoms with Crippen LogP contribution in [0.5, 0.6) is 11.5 Å². The molecule has 2 bridgehead atoms. The highest BCUT2D eigenvalue weighted by atomic mass is 16.6. The summed E-state index contributed by atoms with van der Waals surface area (Å²) < 4.78 is 17.5. The predicted octanol–water partition coefficient (Wildman–Crippen LogP) is 6.42. The number of amides is 2. The van der Waals surface area contributed by atoms with Gasteiger partial charge >= 0.3 is 6.09 Å². The van der Waals surface area contributed by atoms with Gasteiger partial charge in [0.2, 0.25) is 0 Å². The van der Waals surface area contributed by atoms with E-state index in [1.165, 1.54) is 0 Å². The third-order valence-corrected chi connectivity index (χ3v) is 9.36. The Morgan fingerprint density at radius 1 is 0.878 bits per heavy atom. The van der Waals surface area contributed by atoms with Crippen molar-refractivity contribution in [3.63, 3.8) is 0 Å². The Labute approximate surface area is 287 Å². The van der Waals surface area contributed by atoms with Crippen LogP contribution >= 0.6 is 0 Å². The van der Waals surface area contributed by atoms with E-state index in [9.17, 15) is 14.4 Å². The number of carbonyl (C=O) groups is 3. The Morgan fingerprint density at radius 3 is 2.33 bits per heavy atom. The summed E-state index contributed by atoms with van der Waals surface area (Å²) in [5.74, 6) is 1.64. The third-order valence-electron chi connectivity index (χ3n) is 9.36. The van der Waals surface area contributed by atoms with E-state index in [-0.39, 0.29) is 18.4 Å². The molecule has 3 heterocycles. The lowest BCUT2D eigenvalue weighted by Crippen LogP contribution is -2.52. The Bertz CT molecular complexity index is 1700. The number of carbonyl (C=O) groups excluding carboxylic acids is 3. The summed E-state index contributed by atoms with van der Waals surface area (Å²) in [7, 11) is 1.60. The molecule has 3 aliphatic rings. The highest BCUT2D eigenvalue weighted by Crippen LogP contribution is 2.31. The number of fused-ring (bicyclic) bond motifs is 3. The van der Waals surface area contributed by atoms with Crippen LogP contribution in [0.4, 0.5) is 4.79 Å². The van der Waals surface area contributed by atoms with Gasteiger partial charge < -0.3 is 29.2 Å². The van der Waals surface area contributed by atoms with Crippen molar-refractivity contribution in [1.82, 2.24) is 15.1 Å². The maximum absolute atomic E-state index is 13.4. The van der Waals surface area contributed by atoms with E-state index in [1.54, 1.807) is 24.1 Å². The molecule has 0 unspecified atom stereocenters. The summed E-state index contributed by atoms with van der Waals surface area (Å²) in [6, 6.07) is 32.0. The summed E-state index contributed by atoms with van der Waals surface area (Å²) >= 11 is 0. The van der Waals surface area contributed by atoms with Crippen LogP contribution < -0.4 is 14.8 Å². The number of nitrogens with one attached hydrogen (secondary N) is 1. The average Bonchev–Trinajstić information content (AvgIpc) is 3.15. The van der Waals surface area contributed by atoms with Crippen LogP contribution in [-0.4, -0.2) is 67.5 Å². The predicted molar refractivity (Wildman–Crippen MR) is 186 cm³/mol. The lowest BCUT2D eigenvalue weighted by atomic mass is 9.86. The lowest BCUT2D eigenvalue weighted by Gasteiger charge is -2.43. The summed E-state index contributed by atoms with van der Waals surface area (Å²) in [5, 5.41) is 3.12. The van der Waals surface area contributed by atoms with Gasteiger partial charge in [0.05, 0.1) is 13.2 Å². The molecule has 3 aliphatic heterocycles. The van der Waals surface area contributed by atoms with Crippen molar-refractivity contribution in [3.8, 4) is 11.5 Å². The van der Waals surface area contributed by atoms with Crippen LogP contribution in [0.2, 0.25) is 0 Å². The van der Waals surface area contributed by atoms with E-state index in [4.69, 9.17) is 14.2 Å². The van der Waals surface area contributed by atoms with Gasteiger partial charge in [-0.15, -0.1) is 0 Å². The molecule has 0 aromatic heterocycles.